The van der Waals surface area contributed by atoms with Crippen LogP contribution < -0.4 is 37.4 Å². The van der Waals surface area contributed by atoms with Gasteiger partial charge in [-0.2, -0.15) is 0 Å². The molecule has 6 aliphatic rings. The van der Waals surface area contributed by atoms with Gasteiger partial charge < -0.3 is 36.1 Å². The van der Waals surface area contributed by atoms with E-state index in [1.54, 1.807) is 13.1 Å². The summed E-state index contributed by atoms with van der Waals surface area (Å²) >= 11 is 0. The van der Waals surface area contributed by atoms with Gasteiger partial charge in [-0.1, -0.05) is 6.07 Å². The molecule has 4 saturated heterocycles. The van der Waals surface area contributed by atoms with E-state index in [0.29, 0.717) is 47.7 Å². The number of nitrogens with two attached hydrogens (primary N) is 2. The van der Waals surface area contributed by atoms with Gasteiger partial charge in [-0.3, -0.25) is 38.7 Å². The fraction of sp³-hybridized carbons (Fsp3) is 0.568. The second kappa shape index (κ2) is 18.4. The van der Waals surface area contributed by atoms with Crippen LogP contribution in [0.25, 0.3) is 16.6 Å². The number of fused-ring (bicyclic) bond motifs is 3. The van der Waals surface area contributed by atoms with Crippen LogP contribution in [0.4, 0.5) is 14.6 Å². The number of benzene rings is 1. The molecule has 2 bridgehead atoms. The van der Waals surface area contributed by atoms with Crippen molar-refractivity contribution in [2.45, 2.75) is 101 Å². The SMILES string of the molecule is Cn1c(=O)n(C2CCC(=O)NC2=O)c2cccc(OC3CC(N4CCN(CC5CCC(N=CC(NC(=O)C(=CN)c6nccc(N7C[C@H]8CC7CO8)n6)=C(N)C(F)F)CC5)CC4)C3)c21. The first kappa shape index (κ1) is 43.5. The van der Waals surface area contributed by atoms with Crippen LogP contribution in [-0.4, -0.2) is 135 Å². The first-order valence-corrected chi connectivity index (χ1v) is 22.4. The number of aliphatic imine (C=N–C) groups is 1. The van der Waals surface area contributed by atoms with Crippen molar-refractivity contribution >= 4 is 46.4 Å². The molecule has 0 radical (unpaired) electrons. The van der Waals surface area contributed by atoms with Gasteiger partial charge in [0.25, 0.3) is 12.3 Å². The van der Waals surface area contributed by atoms with Crippen molar-refractivity contribution in [3.8, 4) is 5.75 Å². The maximum absolute atomic E-state index is 13.9. The zero-order valence-corrected chi connectivity index (χ0v) is 35.9. The van der Waals surface area contributed by atoms with Crippen molar-refractivity contribution < 1.29 is 32.6 Å². The Bertz CT molecular complexity index is 2410. The molecule has 3 aromatic rings. The molecule has 20 heteroatoms. The van der Waals surface area contributed by atoms with E-state index < -0.39 is 30.0 Å². The van der Waals surface area contributed by atoms with Crippen LogP contribution in [-0.2, 0) is 26.2 Å². The highest BCUT2D eigenvalue weighted by atomic mass is 19.3. The van der Waals surface area contributed by atoms with Crippen LogP contribution >= 0.6 is 0 Å². The van der Waals surface area contributed by atoms with E-state index in [4.69, 9.17) is 20.9 Å². The molecule has 6 N–H and O–H groups in total. The lowest BCUT2D eigenvalue weighted by Gasteiger charge is -2.46. The molecule has 9 rings (SSSR count). The van der Waals surface area contributed by atoms with E-state index in [9.17, 15) is 28.0 Å². The van der Waals surface area contributed by atoms with E-state index in [1.807, 2.05) is 18.2 Å². The maximum Gasteiger partial charge on any atom is 0.329 e. The largest absolute Gasteiger partial charge is 0.488 e. The zero-order valence-electron chi connectivity index (χ0n) is 35.9. The summed E-state index contributed by atoms with van der Waals surface area (Å²) in [7, 11) is 1.68. The summed E-state index contributed by atoms with van der Waals surface area (Å²) in [5.74, 6) is 0.251. The van der Waals surface area contributed by atoms with Crippen LogP contribution in [0.3, 0.4) is 0 Å². The number of imide groups is 1. The minimum Gasteiger partial charge on any atom is -0.488 e. The zero-order chi connectivity index (χ0) is 44.6. The summed E-state index contributed by atoms with van der Waals surface area (Å²) in [5, 5.41) is 4.85. The van der Waals surface area contributed by atoms with Gasteiger partial charge in [0, 0.05) is 90.2 Å². The van der Waals surface area contributed by atoms with E-state index >= 15 is 0 Å². The minimum absolute atomic E-state index is 0.0129. The molecular weight excluding hydrogens is 831 g/mol. The lowest BCUT2D eigenvalue weighted by molar-refractivity contribution is -0.135. The Morgan fingerprint density at radius 2 is 1.84 bits per heavy atom. The van der Waals surface area contributed by atoms with E-state index in [-0.39, 0.29) is 65.8 Å². The number of amides is 3. The maximum atomic E-state index is 13.9. The number of nitrogens with zero attached hydrogens (tertiary/aromatic N) is 8. The van der Waals surface area contributed by atoms with E-state index in [0.717, 1.165) is 83.9 Å². The summed E-state index contributed by atoms with van der Waals surface area (Å²) in [6.07, 6.45) is 7.60. The number of halogens is 2. The highest BCUT2D eigenvalue weighted by Gasteiger charge is 2.41. The number of hydrogen-bond donors (Lipinski definition) is 4. The number of carbonyl (C=O) groups excluding carboxylic acids is 3. The van der Waals surface area contributed by atoms with Crippen molar-refractivity contribution in [2.75, 3.05) is 50.8 Å². The van der Waals surface area contributed by atoms with Gasteiger partial charge in [0.05, 0.1) is 41.6 Å². The predicted molar refractivity (Wildman–Crippen MR) is 233 cm³/mol. The Morgan fingerprint density at radius 1 is 1.06 bits per heavy atom. The molecule has 64 heavy (non-hydrogen) atoms. The lowest BCUT2D eigenvalue weighted by atomic mass is 9.85. The number of anilines is 1. The summed E-state index contributed by atoms with van der Waals surface area (Å²) in [6.45, 7) is 6.16. The molecule has 6 fully saturated rings. The van der Waals surface area contributed by atoms with Crippen LogP contribution in [0.1, 0.15) is 69.7 Å². The fourth-order valence-corrected chi connectivity index (χ4v) is 10.2. The smallest absolute Gasteiger partial charge is 0.329 e. The molecule has 0 spiro atoms. The summed E-state index contributed by atoms with van der Waals surface area (Å²) in [6, 6.07) is 7.03. The van der Waals surface area contributed by atoms with Crippen molar-refractivity contribution in [1.82, 2.24) is 39.5 Å². The number of nitrogens with one attached hydrogen (secondary N) is 2. The number of para-hydroxylation sites is 1. The number of rotatable bonds is 13. The Labute approximate surface area is 368 Å². The van der Waals surface area contributed by atoms with Gasteiger partial charge in [0.2, 0.25) is 11.8 Å². The molecule has 4 aliphatic heterocycles. The number of imidazole rings is 1. The molecule has 2 unspecified atom stereocenters. The summed E-state index contributed by atoms with van der Waals surface area (Å²) in [4.78, 5) is 71.7. The fourth-order valence-electron chi connectivity index (χ4n) is 10.2. The minimum atomic E-state index is -3.01. The Kier molecular flexibility index (Phi) is 12.5. The summed E-state index contributed by atoms with van der Waals surface area (Å²) in [5.41, 5.74) is 11.4. The van der Waals surface area contributed by atoms with Crippen LogP contribution in [0.2, 0.25) is 0 Å². The van der Waals surface area contributed by atoms with Gasteiger partial charge in [0.15, 0.2) is 5.82 Å². The number of hydrogen-bond acceptors (Lipinski definition) is 14. The molecular formula is C44H56F2N12O6. The van der Waals surface area contributed by atoms with Gasteiger partial charge >= 0.3 is 5.69 Å². The van der Waals surface area contributed by atoms with Crippen molar-refractivity contribution in [1.29, 1.82) is 0 Å². The van der Waals surface area contributed by atoms with Crippen molar-refractivity contribution in [3.05, 3.63) is 64.4 Å². The normalized spacial score (nSPS) is 28.5. The molecule has 2 aromatic heterocycles. The van der Waals surface area contributed by atoms with Crippen LogP contribution in [0.5, 0.6) is 5.75 Å². The number of aryl methyl sites for hydroxylation is 1. The van der Waals surface area contributed by atoms with E-state index in [1.165, 1.54) is 21.5 Å². The Morgan fingerprint density at radius 3 is 2.53 bits per heavy atom. The number of alkyl halides is 2. The van der Waals surface area contributed by atoms with Gasteiger partial charge in [-0.05, 0) is 62.6 Å². The number of carbonyl (C=O) groups is 3. The number of ether oxygens (including phenoxy) is 2. The topological polar surface area (TPSA) is 221 Å². The van der Waals surface area contributed by atoms with Crippen LogP contribution in [0.15, 0.2) is 57.8 Å². The average molecular weight is 887 g/mol. The predicted octanol–water partition coefficient (Wildman–Crippen LogP) is 1.79. The van der Waals surface area contributed by atoms with Gasteiger partial charge in [-0.15, -0.1) is 0 Å². The first-order valence-electron chi connectivity index (χ1n) is 22.4. The van der Waals surface area contributed by atoms with Crippen molar-refractivity contribution in [2.24, 2.45) is 29.4 Å². The molecule has 2 aliphatic carbocycles. The Balaban J connectivity index is 0.725. The second-order valence-corrected chi connectivity index (χ2v) is 17.9. The molecule has 3 amide bonds. The van der Waals surface area contributed by atoms with Crippen LogP contribution in [0, 0.1) is 5.92 Å². The third-order valence-corrected chi connectivity index (χ3v) is 13.9. The molecule has 3 atom stereocenters. The molecule has 18 nitrogen and oxygen atoms in total. The lowest BCUT2D eigenvalue weighted by Crippen LogP contribution is -2.56. The van der Waals surface area contributed by atoms with E-state index in [2.05, 4.69) is 40.3 Å². The Hall–Kier alpha value is -5.73. The second-order valence-electron chi connectivity index (χ2n) is 17.9. The highest BCUT2D eigenvalue weighted by Crippen LogP contribution is 2.36. The monoisotopic (exact) mass is 886 g/mol. The number of morpholine rings is 1. The molecule has 342 valence electrons. The third-order valence-electron chi connectivity index (χ3n) is 13.9. The highest BCUT2D eigenvalue weighted by molar-refractivity contribution is 6.19. The number of piperidine rings is 1. The first-order chi connectivity index (χ1) is 30.9. The number of allylic oxidation sites excluding steroid dienone is 2. The average Bonchev–Trinajstić information content (AvgIpc) is 3.99. The third kappa shape index (κ3) is 8.86. The molecule has 1 aromatic carbocycles. The summed E-state index contributed by atoms with van der Waals surface area (Å²) < 4.78 is 42.9. The number of piperazine rings is 1. The molecule has 6 heterocycles. The molecule has 2 saturated carbocycles. The standard InChI is InChI=1S/C44H56F2N12O6/c1-54-39-33(58(44(54)62)34-9-10-37(59)53-43(34)61)3-2-4-35(39)64-29-17-27(18-29)56-15-13-55(14-16-56)22-25-5-7-26(8-6-25)50-21-32(38(48)40(45)46)51-42(60)31(20-47)41-49-12-11-36(52-41)57-23-30-19-28(57)24-63-30/h2-4,11-12,20-21,25-30,34,40H,5-10,13-19,22-24,47-48H2,1H3,(H,51,60)(H,53,59,61)/t25?,26?,27?,28?,29?,30-,34?/m1/s1. The number of aromatic nitrogens is 4. The van der Waals surface area contributed by atoms with Gasteiger partial charge in [0.1, 0.15) is 34.9 Å². The van der Waals surface area contributed by atoms with Gasteiger partial charge in [-0.25, -0.2) is 23.5 Å². The van der Waals surface area contributed by atoms with Crippen molar-refractivity contribution in [3.63, 3.8) is 0 Å². The quantitative estimate of drug-likeness (QED) is 0.109.